The van der Waals surface area contributed by atoms with Crippen molar-refractivity contribution in [1.82, 2.24) is 15.5 Å². The molecule has 3 rings (SSSR count). The molecule has 0 aliphatic carbocycles. The van der Waals surface area contributed by atoms with Crippen LogP contribution in [-0.2, 0) is 0 Å². The third-order valence-electron chi connectivity index (χ3n) is 4.82. The van der Waals surface area contributed by atoms with E-state index in [9.17, 15) is 4.79 Å². The van der Waals surface area contributed by atoms with Crippen LogP contribution >= 0.6 is 0 Å². The molecule has 0 unspecified atom stereocenters. The van der Waals surface area contributed by atoms with Crippen molar-refractivity contribution in [3.63, 3.8) is 0 Å². The van der Waals surface area contributed by atoms with Gasteiger partial charge in [0.2, 0.25) is 0 Å². The molecule has 1 aliphatic heterocycles. The van der Waals surface area contributed by atoms with E-state index in [4.69, 9.17) is 0 Å². The molecular formula is C20H27N5O. The Labute approximate surface area is 155 Å². The fourth-order valence-corrected chi connectivity index (χ4v) is 3.21. The fraction of sp³-hybridized carbons (Fsp3) is 0.450. The van der Waals surface area contributed by atoms with Crippen LogP contribution in [-0.4, -0.2) is 48.3 Å². The number of benzene rings is 1. The van der Waals surface area contributed by atoms with Gasteiger partial charge in [-0.05, 0) is 57.0 Å². The minimum atomic E-state index is -0.182. The van der Waals surface area contributed by atoms with Crippen molar-refractivity contribution in [2.75, 3.05) is 36.0 Å². The van der Waals surface area contributed by atoms with Crippen LogP contribution in [0, 0.1) is 13.8 Å². The van der Waals surface area contributed by atoms with Gasteiger partial charge in [0.1, 0.15) is 0 Å². The molecule has 0 spiro atoms. The molecule has 6 nitrogen and oxygen atoms in total. The third-order valence-corrected chi connectivity index (χ3v) is 4.82. The molecule has 0 radical (unpaired) electrons. The Morgan fingerprint density at radius 3 is 2.31 bits per heavy atom. The van der Waals surface area contributed by atoms with Crippen molar-refractivity contribution < 1.29 is 4.79 Å². The number of hydrogen-bond acceptors (Lipinski definition) is 5. The highest BCUT2D eigenvalue weighted by Gasteiger charge is 2.20. The Morgan fingerprint density at radius 1 is 1.00 bits per heavy atom. The summed E-state index contributed by atoms with van der Waals surface area (Å²) in [7, 11) is 0. The molecule has 1 aliphatic rings. The second-order valence-corrected chi connectivity index (χ2v) is 7.10. The molecule has 2 heterocycles. The summed E-state index contributed by atoms with van der Waals surface area (Å²) >= 11 is 0. The number of carbonyl (C=O) groups is 1. The van der Waals surface area contributed by atoms with Gasteiger partial charge in [-0.25, -0.2) is 0 Å². The molecule has 0 bridgehead atoms. The van der Waals surface area contributed by atoms with Gasteiger partial charge in [-0.3, -0.25) is 4.79 Å². The van der Waals surface area contributed by atoms with E-state index < -0.39 is 0 Å². The number of piperazine rings is 1. The Morgan fingerprint density at radius 2 is 1.69 bits per heavy atom. The first kappa shape index (κ1) is 18.2. The van der Waals surface area contributed by atoms with Crippen molar-refractivity contribution in [3.8, 4) is 0 Å². The van der Waals surface area contributed by atoms with E-state index in [1.165, 1.54) is 16.8 Å². The summed E-state index contributed by atoms with van der Waals surface area (Å²) < 4.78 is 0. The van der Waals surface area contributed by atoms with Crippen LogP contribution in [0.3, 0.4) is 0 Å². The van der Waals surface area contributed by atoms with Gasteiger partial charge in [0, 0.05) is 37.9 Å². The van der Waals surface area contributed by atoms with E-state index in [0.717, 1.165) is 32.0 Å². The standard InChI is InChI=1S/C20H27N5O/c1-14(2)21-20(26)17-8-9-19(23-22-17)25-12-10-24(11-13-25)18-7-5-6-15(3)16(18)4/h5-9,14H,10-13H2,1-4H3,(H,21,26). The maximum atomic E-state index is 12.0. The van der Waals surface area contributed by atoms with Gasteiger partial charge in [-0.2, -0.15) is 0 Å². The molecule has 1 aromatic carbocycles. The fourth-order valence-electron chi connectivity index (χ4n) is 3.21. The average Bonchev–Trinajstić information content (AvgIpc) is 2.64. The lowest BCUT2D eigenvalue weighted by Crippen LogP contribution is -2.47. The zero-order valence-corrected chi connectivity index (χ0v) is 16.0. The van der Waals surface area contributed by atoms with Gasteiger partial charge in [0.15, 0.2) is 11.5 Å². The number of hydrogen-bond donors (Lipinski definition) is 1. The number of aromatic nitrogens is 2. The van der Waals surface area contributed by atoms with Crippen LogP contribution in [0.15, 0.2) is 30.3 Å². The summed E-state index contributed by atoms with van der Waals surface area (Å²) in [6, 6.07) is 10.2. The minimum Gasteiger partial charge on any atom is -0.368 e. The highest BCUT2D eigenvalue weighted by atomic mass is 16.2. The topological polar surface area (TPSA) is 61.4 Å². The third kappa shape index (κ3) is 3.95. The van der Waals surface area contributed by atoms with E-state index >= 15 is 0 Å². The summed E-state index contributed by atoms with van der Waals surface area (Å²) in [5.41, 5.74) is 4.35. The minimum absolute atomic E-state index is 0.0853. The normalized spacial score (nSPS) is 14.7. The van der Waals surface area contributed by atoms with E-state index in [-0.39, 0.29) is 11.9 Å². The molecule has 26 heavy (non-hydrogen) atoms. The Hall–Kier alpha value is -2.63. The van der Waals surface area contributed by atoms with E-state index in [1.807, 2.05) is 19.9 Å². The van der Waals surface area contributed by atoms with Gasteiger partial charge in [-0.1, -0.05) is 12.1 Å². The average molecular weight is 353 g/mol. The molecule has 2 aromatic rings. The van der Waals surface area contributed by atoms with Crippen molar-refractivity contribution >= 4 is 17.4 Å². The summed E-state index contributed by atoms with van der Waals surface area (Å²) in [6.07, 6.45) is 0. The van der Waals surface area contributed by atoms with Crippen molar-refractivity contribution in [2.24, 2.45) is 0 Å². The lowest BCUT2D eigenvalue weighted by Gasteiger charge is -2.37. The lowest BCUT2D eigenvalue weighted by molar-refractivity contribution is 0.0937. The molecule has 138 valence electrons. The molecule has 1 fully saturated rings. The number of rotatable bonds is 4. The van der Waals surface area contributed by atoms with Crippen LogP contribution < -0.4 is 15.1 Å². The van der Waals surface area contributed by atoms with Crippen molar-refractivity contribution in [2.45, 2.75) is 33.7 Å². The number of carbonyl (C=O) groups excluding carboxylic acids is 1. The monoisotopic (exact) mass is 353 g/mol. The zero-order valence-electron chi connectivity index (χ0n) is 16.0. The van der Waals surface area contributed by atoms with Crippen LogP contribution in [0.5, 0.6) is 0 Å². The summed E-state index contributed by atoms with van der Waals surface area (Å²) in [6.45, 7) is 11.9. The largest absolute Gasteiger partial charge is 0.368 e. The Bertz CT molecular complexity index is 764. The van der Waals surface area contributed by atoms with Crippen molar-refractivity contribution in [1.29, 1.82) is 0 Å². The van der Waals surface area contributed by atoms with E-state index in [2.05, 4.69) is 57.4 Å². The molecule has 1 saturated heterocycles. The number of amides is 1. The summed E-state index contributed by atoms with van der Waals surface area (Å²) in [4.78, 5) is 16.6. The molecule has 0 saturated carbocycles. The Kier molecular flexibility index (Phi) is 5.40. The second kappa shape index (κ2) is 7.72. The van der Waals surface area contributed by atoms with Gasteiger partial charge in [0.05, 0.1) is 0 Å². The molecule has 1 amide bonds. The zero-order chi connectivity index (χ0) is 18.7. The number of aryl methyl sites for hydroxylation is 1. The quantitative estimate of drug-likeness (QED) is 0.915. The van der Waals surface area contributed by atoms with E-state index in [1.54, 1.807) is 6.07 Å². The van der Waals surface area contributed by atoms with Gasteiger partial charge >= 0.3 is 0 Å². The smallest absolute Gasteiger partial charge is 0.271 e. The first-order valence-electron chi connectivity index (χ1n) is 9.16. The molecule has 0 atom stereocenters. The summed E-state index contributed by atoms with van der Waals surface area (Å²) in [5.74, 6) is 0.644. The highest BCUT2D eigenvalue weighted by Crippen LogP contribution is 2.24. The van der Waals surface area contributed by atoms with Crippen molar-refractivity contribution in [3.05, 3.63) is 47.2 Å². The van der Waals surface area contributed by atoms with Crippen LogP contribution in [0.1, 0.15) is 35.5 Å². The molecular weight excluding hydrogens is 326 g/mol. The number of anilines is 2. The predicted octanol–water partition coefficient (Wildman–Crippen LogP) is 2.56. The van der Waals surface area contributed by atoms with Crippen LogP contribution in [0.2, 0.25) is 0 Å². The number of nitrogens with one attached hydrogen (secondary N) is 1. The maximum absolute atomic E-state index is 12.0. The van der Waals surface area contributed by atoms with Crippen LogP contribution in [0.4, 0.5) is 11.5 Å². The lowest BCUT2D eigenvalue weighted by atomic mass is 10.1. The summed E-state index contributed by atoms with van der Waals surface area (Å²) in [5, 5.41) is 11.2. The SMILES string of the molecule is Cc1cccc(N2CCN(c3ccc(C(=O)NC(C)C)nn3)CC2)c1C. The molecule has 6 heteroatoms. The van der Waals surface area contributed by atoms with Crippen LogP contribution in [0.25, 0.3) is 0 Å². The molecule has 1 aromatic heterocycles. The van der Waals surface area contributed by atoms with Gasteiger partial charge in [0.25, 0.3) is 5.91 Å². The predicted molar refractivity (Wildman–Crippen MR) is 105 cm³/mol. The van der Waals surface area contributed by atoms with Gasteiger partial charge in [-0.15, -0.1) is 10.2 Å². The van der Waals surface area contributed by atoms with Gasteiger partial charge < -0.3 is 15.1 Å². The first-order valence-corrected chi connectivity index (χ1v) is 9.16. The molecule has 1 N–H and O–H groups in total. The first-order chi connectivity index (χ1) is 12.5. The number of nitrogens with zero attached hydrogens (tertiary/aromatic N) is 4. The maximum Gasteiger partial charge on any atom is 0.271 e. The van der Waals surface area contributed by atoms with E-state index in [0.29, 0.717) is 5.69 Å². The second-order valence-electron chi connectivity index (χ2n) is 7.10. The Balaban J connectivity index is 1.63. The highest BCUT2D eigenvalue weighted by molar-refractivity contribution is 5.92.